The number of fused-ring (bicyclic) bond motifs is 1. The predicted molar refractivity (Wildman–Crippen MR) is 130 cm³/mol. The molecule has 5 rings (SSSR count). The fourth-order valence-electron chi connectivity index (χ4n) is 4.42. The topological polar surface area (TPSA) is 61.5 Å². The van der Waals surface area contributed by atoms with Crippen molar-refractivity contribution in [2.45, 2.75) is 25.8 Å². The molecule has 0 spiro atoms. The Bertz CT molecular complexity index is 1290. The lowest BCUT2D eigenvalue weighted by Crippen LogP contribution is -2.21. The van der Waals surface area contributed by atoms with Gasteiger partial charge in [-0.3, -0.25) is 4.98 Å². The van der Waals surface area contributed by atoms with Crippen LogP contribution in [0.1, 0.15) is 36.2 Å². The SMILES string of the molecule is CCc1nn2c(c1-c1ccc(OC)cc1)N=C(c1ccccc1OC)CC2c1cccnc1. The van der Waals surface area contributed by atoms with Crippen molar-refractivity contribution in [3.8, 4) is 22.6 Å². The normalized spacial score (nSPS) is 15.0. The molecule has 1 aliphatic heterocycles. The van der Waals surface area contributed by atoms with Crippen molar-refractivity contribution in [1.82, 2.24) is 14.8 Å². The number of aromatic nitrogens is 3. The zero-order chi connectivity index (χ0) is 22.8. The van der Waals surface area contributed by atoms with Gasteiger partial charge in [-0.25, -0.2) is 9.67 Å². The molecule has 0 saturated heterocycles. The van der Waals surface area contributed by atoms with E-state index in [1.54, 1.807) is 20.4 Å². The van der Waals surface area contributed by atoms with Gasteiger partial charge in [0, 0.05) is 29.9 Å². The first kappa shape index (κ1) is 20.9. The van der Waals surface area contributed by atoms with Gasteiger partial charge >= 0.3 is 0 Å². The minimum atomic E-state index is -0.0107. The fraction of sp³-hybridized carbons (Fsp3) is 0.222. The van der Waals surface area contributed by atoms with Crippen LogP contribution in [-0.4, -0.2) is 34.7 Å². The van der Waals surface area contributed by atoms with E-state index in [1.807, 2.05) is 42.6 Å². The van der Waals surface area contributed by atoms with Crippen molar-refractivity contribution in [2.24, 2.45) is 4.99 Å². The van der Waals surface area contributed by atoms with Gasteiger partial charge in [0.2, 0.25) is 0 Å². The summed E-state index contributed by atoms with van der Waals surface area (Å²) in [5.41, 5.74) is 6.23. The fourth-order valence-corrected chi connectivity index (χ4v) is 4.42. The number of aliphatic imine (C=N–C) groups is 1. The van der Waals surface area contributed by atoms with E-state index < -0.39 is 0 Å². The summed E-state index contributed by atoms with van der Waals surface area (Å²) in [4.78, 5) is 9.54. The third kappa shape index (κ3) is 3.78. The number of para-hydroxylation sites is 1. The van der Waals surface area contributed by atoms with Crippen LogP contribution >= 0.6 is 0 Å². The summed E-state index contributed by atoms with van der Waals surface area (Å²) < 4.78 is 13.1. The van der Waals surface area contributed by atoms with Crippen molar-refractivity contribution in [3.63, 3.8) is 0 Å². The van der Waals surface area contributed by atoms with Gasteiger partial charge in [0.1, 0.15) is 11.5 Å². The smallest absolute Gasteiger partial charge is 0.159 e. The molecular formula is C27H26N4O2. The summed E-state index contributed by atoms with van der Waals surface area (Å²) in [5.74, 6) is 2.50. The van der Waals surface area contributed by atoms with Crippen LogP contribution in [-0.2, 0) is 6.42 Å². The lowest BCUT2D eigenvalue weighted by Gasteiger charge is -2.25. The number of benzene rings is 2. The molecule has 0 aliphatic carbocycles. The summed E-state index contributed by atoms with van der Waals surface area (Å²) in [7, 11) is 3.37. The third-order valence-corrected chi connectivity index (χ3v) is 6.08. The monoisotopic (exact) mass is 438 g/mol. The van der Waals surface area contributed by atoms with Crippen molar-refractivity contribution in [2.75, 3.05) is 14.2 Å². The highest BCUT2D eigenvalue weighted by atomic mass is 16.5. The highest BCUT2D eigenvalue weighted by Gasteiger charge is 2.31. The van der Waals surface area contributed by atoms with Crippen LogP contribution in [0.3, 0.4) is 0 Å². The van der Waals surface area contributed by atoms with Crippen LogP contribution in [0, 0.1) is 0 Å². The molecule has 2 aromatic heterocycles. The molecule has 1 aliphatic rings. The van der Waals surface area contributed by atoms with Crippen LogP contribution in [0.2, 0.25) is 0 Å². The average Bonchev–Trinajstić information content (AvgIpc) is 3.27. The van der Waals surface area contributed by atoms with Gasteiger partial charge in [-0.2, -0.15) is 5.10 Å². The highest BCUT2D eigenvalue weighted by Crippen LogP contribution is 2.43. The lowest BCUT2D eigenvalue weighted by atomic mass is 9.95. The summed E-state index contributed by atoms with van der Waals surface area (Å²) in [6.45, 7) is 2.13. The number of ether oxygens (including phenoxy) is 2. The number of hydrogen-bond acceptors (Lipinski definition) is 5. The minimum absolute atomic E-state index is 0.0107. The van der Waals surface area contributed by atoms with Gasteiger partial charge in [0.05, 0.1) is 31.7 Å². The molecule has 3 heterocycles. The number of hydrogen-bond donors (Lipinski definition) is 0. The van der Waals surface area contributed by atoms with E-state index in [0.717, 1.165) is 57.4 Å². The minimum Gasteiger partial charge on any atom is -0.497 e. The second-order valence-electron chi connectivity index (χ2n) is 7.94. The molecule has 1 unspecified atom stereocenters. The van der Waals surface area contributed by atoms with Gasteiger partial charge < -0.3 is 9.47 Å². The van der Waals surface area contributed by atoms with Crippen LogP contribution < -0.4 is 9.47 Å². The maximum atomic E-state index is 5.66. The molecule has 166 valence electrons. The Kier molecular flexibility index (Phi) is 5.65. The molecule has 6 heteroatoms. The van der Waals surface area contributed by atoms with Gasteiger partial charge in [0.15, 0.2) is 5.82 Å². The Morgan fingerprint density at radius 1 is 0.970 bits per heavy atom. The zero-order valence-corrected chi connectivity index (χ0v) is 19.0. The average molecular weight is 439 g/mol. The molecule has 0 amide bonds. The quantitative estimate of drug-likeness (QED) is 0.391. The predicted octanol–water partition coefficient (Wildman–Crippen LogP) is 5.64. The first-order chi connectivity index (χ1) is 16.2. The van der Waals surface area contributed by atoms with Gasteiger partial charge in [-0.05, 0) is 47.9 Å². The van der Waals surface area contributed by atoms with Crippen molar-refractivity contribution < 1.29 is 9.47 Å². The lowest BCUT2D eigenvalue weighted by molar-refractivity contribution is 0.413. The van der Waals surface area contributed by atoms with E-state index in [-0.39, 0.29) is 6.04 Å². The molecule has 2 aromatic carbocycles. The summed E-state index contributed by atoms with van der Waals surface area (Å²) in [6.07, 6.45) is 5.22. The van der Waals surface area contributed by atoms with E-state index in [0.29, 0.717) is 6.42 Å². The van der Waals surface area contributed by atoms with Crippen LogP contribution in [0.4, 0.5) is 5.82 Å². The number of methoxy groups -OCH3 is 2. The van der Waals surface area contributed by atoms with E-state index in [9.17, 15) is 0 Å². The molecule has 0 radical (unpaired) electrons. The van der Waals surface area contributed by atoms with Gasteiger partial charge in [0.25, 0.3) is 0 Å². The number of aryl methyl sites for hydroxylation is 1. The Labute approximate surface area is 193 Å². The second-order valence-corrected chi connectivity index (χ2v) is 7.94. The summed E-state index contributed by atoms with van der Waals surface area (Å²) >= 11 is 0. The van der Waals surface area contributed by atoms with Crippen LogP contribution in [0.25, 0.3) is 11.1 Å². The molecular weight excluding hydrogens is 412 g/mol. The Hall–Kier alpha value is -3.93. The van der Waals surface area contributed by atoms with Gasteiger partial charge in [-0.15, -0.1) is 0 Å². The summed E-state index contributed by atoms with van der Waals surface area (Å²) in [5, 5.41) is 5.04. The summed E-state index contributed by atoms with van der Waals surface area (Å²) in [6, 6.07) is 20.2. The highest BCUT2D eigenvalue weighted by molar-refractivity contribution is 6.06. The number of nitrogens with zero attached hydrogens (tertiary/aromatic N) is 4. The number of pyridine rings is 1. The van der Waals surface area contributed by atoms with E-state index in [4.69, 9.17) is 19.6 Å². The Morgan fingerprint density at radius 2 is 1.79 bits per heavy atom. The number of rotatable bonds is 6. The maximum Gasteiger partial charge on any atom is 0.159 e. The second kappa shape index (κ2) is 8.90. The third-order valence-electron chi connectivity index (χ3n) is 6.08. The molecule has 0 saturated carbocycles. The van der Waals surface area contributed by atoms with Gasteiger partial charge in [-0.1, -0.05) is 37.3 Å². The van der Waals surface area contributed by atoms with Crippen molar-refractivity contribution in [1.29, 1.82) is 0 Å². The largest absolute Gasteiger partial charge is 0.497 e. The van der Waals surface area contributed by atoms with E-state index in [1.165, 1.54) is 0 Å². The van der Waals surface area contributed by atoms with Crippen LogP contribution in [0.15, 0.2) is 78.0 Å². The molecule has 4 aromatic rings. The van der Waals surface area contributed by atoms with E-state index in [2.05, 4.69) is 40.9 Å². The molecule has 6 nitrogen and oxygen atoms in total. The molecule has 0 N–H and O–H groups in total. The first-order valence-electron chi connectivity index (χ1n) is 11.1. The molecule has 33 heavy (non-hydrogen) atoms. The van der Waals surface area contributed by atoms with Crippen molar-refractivity contribution in [3.05, 3.63) is 89.9 Å². The Balaban J connectivity index is 1.74. The molecule has 0 fully saturated rings. The van der Waals surface area contributed by atoms with E-state index >= 15 is 0 Å². The Morgan fingerprint density at radius 3 is 2.48 bits per heavy atom. The standard InChI is InChI=1S/C27H26N4O2/c1-4-22-26(18-11-13-20(32-2)14-12-18)27-29-23(21-9-5-6-10-25(21)33-3)16-24(31(27)30-22)19-8-7-15-28-17-19/h5-15,17,24H,4,16H2,1-3H3. The maximum absolute atomic E-state index is 5.66. The molecule has 0 bridgehead atoms. The molecule has 1 atom stereocenters. The first-order valence-corrected chi connectivity index (χ1v) is 11.1. The zero-order valence-electron chi connectivity index (χ0n) is 19.0. The van der Waals surface area contributed by atoms with Crippen LogP contribution in [0.5, 0.6) is 11.5 Å². The van der Waals surface area contributed by atoms with Crippen molar-refractivity contribution >= 4 is 11.5 Å².